The third-order valence-electron chi connectivity index (χ3n) is 5.67. The van der Waals surface area contributed by atoms with E-state index in [2.05, 4.69) is 15.6 Å². The van der Waals surface area contributed by atoms with E-state index in [1.54, 1.807) is 37.4 Å². The average Bonchev–Trinajstić information content (AvgIpc) is 3.42. The largest absolute Gasteiger partial charge is 0.467 e. The van der Waals surface area contributed by atoms with Crippen molar-refractivity contribution >= 4 is 40.2 Å². The molecule has 4 rings (SSSR count). The Morgan fingerprint density at radius 1 is 1.14 bits per heavy atom. The second-order valence-corrected chi connectivity index (χ2v) is 9.14. The Kier molecular flexibility index (Phi) is 8.76. The van der Waals surface area contributed by atoms with E-state index in [0.717, 1.165) is 29.4 Å². The monoisotopic (exact) mass is 520 g/mol. The summed E-state index contributed by atoms with van der Waals surface area (Å²) in [5.74, 6) is 0.131. The van der Waals surface area contributed by atoms with Gasteiger partial charge in [-0.2, -0.15) is 0 Å². The molecule has 0 spiro atoms. The second-order valence-electron chi connectivity index (χ2n) is 8.19. The molecule has 0 aliphatic heterocycles. The minimum atomic E-state index is -0.288. The molecule has 192 valence electrons. The highest BCUT2D eigenvalue weighted by Gasteiger charge is 2.17. The van der Waals surface area contributed by atoms with E-state index >= 15 is 0 Å². The summed E-state index contributed by atoms with van der Waals surface area (Å²) in [6.45, 7) is 2.94. The van der Waals surface area contributed by atoms with Gasteiger partial charge in [-0.15, -0.1) is 0 Å². The number of benzene rings is 2. The molecule has 0 aliphatic carbocycles. The van der Waals surface area contributed by atoms with Crippen LogP contribution in [-0.4, -0.2) is 47.4 Å². The lowest BCUT2D eigenvalue weighted by Gasteiger charge is -2.13. The molecule has 37 heavy (non-hydrogen) atoms. The number of hydrogen-bond acceptors (Lipinski definition) is 7. The number of aryl methyl sites for hydroxylation is 1. The van der Waals surface area contributed by atoms with Gasteiger partial charge in [-0.1, -0.05) is 36.9 Å². The van der Waals surface area contributed by atoms with Gasteiger partial charge in [-0.25, -0.2) is 4.98 Å². The highest BCUT2D eigenvalue weighted by Crippen LogP contribution is 2.22. The second kappa shape index (κ2) is 12.4. The number of fused-ring (bicyclic) bond motifs is 1. The van der Waals surface area contributed by atoms with Crippen molar-refractivity contribution in [2.24, 2.45) is 0 Å². The van der Waals surface area contributed by atoms with Crippen LogP contribution in [0.2, 0.25) is 0 Å². The summed E-state index contributed by atoms with van der Waals surface area (Å²) in [6.07, 6.45) is 2.33. The Bertz CT molecular complexity index is 1450. The molecule has 2 aromatic carbocycles. The first kappa shape index (κ1) is 26.2. The predicted octanol–water partition coefficient (Wildman–Crippen LogP) is 3.71. The van der Waals surface area contributed by atoms with Crippen LogP contribution in [0.25, 0.3) is 10.9 Å². The standard InChI is InChI=1S/C27H28N4O5S/c1-3-18-7-4-5-9-22(18)29-24(32)17-37-27-30-23-15-19(25(33)28-12-14-35-2)10-11-21(23)26(34)31(27)16-20-8-6-13-36-20/h4-11,13,15H,3,12,14,16-17H2,1-2H3,(H,28,33)(H,29,32). The molecule has 0 atom stereocenters. The van der Waals surface area contributed by atoms with Crippen molar-refractivity contribution in [3.8, 4) is 0 Å². The summed E-state index contributed by atoms with van der Waals surface area (Å²) in [7, 11) is 1.56. The molecule has 2 aromatic heterocycles. The number of aromatic nitrogens is 2. The average molecular weight is 521 g/mol. The van der Waals surface area contributed by atoms with Crippen LogP contribution in [0.3, 0.4) is 0 Å². The number of thioether (sulfide) groups is 1. The van der Waals surface area contributed by atoms with E-state index in [9.17, 15) is 14.4 Å². The molecule has 0 saturated heterocycles. The molecule has 0 bridgehead atoms. The van der Waals surface area contributed by atoms with Crippen molar-refractivity contribution < 1.29 is 18.7 Å². The predicted molar refractivity (Wildman–Crippen MR) is 143 cm³/mol. The van der Waals surface area contributed by atoms with Gasteiger partial charge in [-0.05, 0) is 48.4 Å². The molecule has 10 heteroatoms. The van der Waals surface area contributed by atoms with E-state index < -0.39 is 0 Å². The van der Waals surface area contributed by atoms with Crippen molar-refractivity contribution in [1.82, 2.24) is 14.9 Å². The SMILES string of the molecule is CCc1ccccc1NC(=O)CSc1nc2cc(C(=O)NCCOC)ccc2c(=O)n1Cc1ccco1. The molecule has 0 unspecified atom stereocenters. The number of amides is 2. The fourth-order valence-electron chi connectivity index (χ4n) is 3.79. The summed E-state index contributed by atoms with van der Waals surface area (Å²) in [4.78, 5) is 43.4. The van der Waals surface area contributed by atoms with Crippen LogP contribution in [0.5, 0.6) is 0 Å². The molecule has 0 radical (unpaired) electrons. The van der Waals surface area contributed by atoms with Crippen molar-refractivity contribution in [3.63, 3.8) is 0 Å². The normalized spacial score (nSPS) is 11.0. The molecule has 0 saturated carbocycles. The molecule has 0 fully saturated rings. The maximum Gasteiger partial charge on any atom is 0.262 e. The maximum atomic E-state index is 13.4. The number of para-hydroxylation sites is 1. The van der Waals surface area contributed by atoms with Crippen molar-refractivity contribution in [3.05, 3.63) is 88.1 Å². The zero-order chi connectivity index (χ0) is 26.2. The van der Waals surface area contributed by atoms with E-state index in [1.165, 1.54) is 10.8 Å². The lowest BCUT2D eigenvalue weighted by Crippen LogP contribution is -2.27. The third-order valence-corrected chi connectivity index (χ3v) is 6.65. The number of anilines is 1. The Labute approximate surface area is 218 Å². The zero-order valence-corrected chi connectivity index (χ0v) is 21.5. The fourth-order valence-corrected chi connectivity index (χ4v) is 4.58. The molecular formula is C27H28N4O5S. The van der Waals surface area contributed by atoms with E-state index in [1.807, 2.05) is 31.2 Å². The number of methoxy groups -OCH3 is 1. The number of hydrogen-bond donors (Lipinski definition) is 2. The molecule has 4 aromatic rings. The van der Waals surface area contributed by atoms with Gasteiger partial charge in [0.05, 0.1) is 36.1 Å². The van der Waals surface area contributed by atoms with Crippen molar-refractivity contribution in [2.75, 3.05) is 31.3 Å². The van der Waals surface area contributed by atoms with Gasteiger partial charge in [0.2, 0.25) is 5.91 Å². The number of carbonyl (C=O) groups is 2. The summed E-state index contributed by atoms with van der Waals surface area (Å²) >= 11 is 1.15. The smallest absolute Gasteiger partial charge is 0.262 e. The molecular weight excluding hydrogens is 492 g/mol. The minimum absolute atomic E-state index is 0.0470. The Balaban J connectivity index is 1.62. The molecule has 2 heterocycles. The number of carbonyl (C=O) groups excluding carboxylic acids is 2. The van der Waals surface area contributed by atoms with Crippen LogP contribution in [0.1, 0.15) is 28.6 Å². The third kappa shape index (κ3) is 6.46. The van der Waals surface area contributed by atoms with E-state index in [-0.39, 0.29) is 29.7 Å². The summed E-state index contributed by atoms with van der Waals surface area (Å²) < 4.78 is 11.9. The number of ether oxygens (including phenoxy) is 1. The summed E-state index contributed by atoms with van der Waals surface area (Å²) in [5, 5.41) is 6.42. The number of furan rings is 1. The van der Waals surface area contributed by atoms with Gasteiger partial charge >= 0.3 is 0 Å². The summed E-state index contributed by atoms with van der Waals surface area (Å²) in [5.41, 5.74) is 2.27. The molecule has 9 nitrogen and oxygen atoms in total. The van der Waals surface area contributed by atoms with Gasteiger partial charge in [0, 0.05) is 24.9 Å². The Hall–Kier alpha value is -3.89. The first-order valence-corrected chi connectivity index (χ1v) is 12.8. The van der Waals surface area contributed by atoms with Crippen LogP contribution in [-0.2, 0) is 22.5 Å². The van der Waals surface area contributed by atoms with Gasteiger partial charge < -0.3 is 19.8 Å². The highest BCUT2D eigenvalue weighted by molar-refractivity contribution is 7.99. The van der Waals surface area contributed by atoms with Crippen LogP contribution in [0.15, 0.2) is 75.2 Å². The van der Waals surface area contributed by atoms with Gasteiger partial charge in [0.1, 0.15) is 5.76 Å². The topological polar surface area (TPSA) is 115 Å². The lowest BCUT2D eigenvalue weighted by atomic mass is 10.1. The van der Waals surface area contributed by atoms with Crippen molar-refractivity contribution in [2.45, 2.75) is 25.0 Å². The molecule has 2 amide bonds. The van der Waals surface area contributed by atoms with Crippen LogP contribution < -0.4 is 16.2 Å². The summed E-state index contributed by atoms with van der Waals surface area (Å²) in [6, 6.07) is 15.9. The number of rotatable bonds is 11. The van der Waals surface area contributed by atoms with Gasteiger partial charge in [0.15, 0.2) is 5.16 Å². The van der Waals surface area contributed by atoms with Crippen LogP contribution in [0, 0.1) is 0 Å². The molecule has 0 aliphatic rings. The van der Waals surface area contributed by atoms with Crippen molar-refractivity contribution in [1.29, 1.82) is 0 Å². The number of nitrogens with zero attached hydrogens (tertiary/aromatic N) is 2. The van der Waals surface area contributed by atoms with Gasteiger partial charge in [0.25, 0.3) is 11.5 Å². The minimum Gasteiger partial charge on any atom is -0.467 e. The first-order valence-electron chi connectivity index (χ1n) is 11.8. The lowest BCUT2D eigenvalue weighted by molar-refractivity contribution is -0.113. The zero-order valence-electron chi connectivity index (χ0n) is 20.7. The molecule has 2 N–H and O–H groups in total. The Morgan fingerprint density at radius 2 is 1.97 bits per heavy atom. The highest BCUT2D eigenvalue weighted by atomic mass is 32.2. The van der Waals surface area contributed by atoms with Crippen LogP contribution in [0.4, 0.5) is 5.69 Å². The van der Waals surface area contributed by atoms with Crippen LogP contribution >= 0.6 is 11.8 Å². The first-order chi connectivity index (χ1) is 18.0. The van der Waals surface area contributed by atoms with E-state index in [0.29, 0.717) is 40.5 Å². The van der Waals surface area contributed by atoms with Gasteiger partial charge in [-0.3, -0.25) is 19.0 Å². The maximum absolute atomic E-state index is 13.4. The van der Waals surface area contributed by atoms with E-state index in [4.69, 9.17) is 9.15 Å². The fraction of sp³-hybridized carbons (Fsp3) is 0.259. The number of nitrogens with one attached hydrogen (secondary N) is 2. The quantitative estimate of drug-likeness (QED) is 0.176. The Morgan fingerprint density at radius 3 is 2.73 bits per heavy atom.